The Labute approximate surface area is 131 Å². The van der Waals surface area contributed by atoms with Gasteiger partial charge in [-0.2, -0.15) is 0 Å². The van der Waals surface area contributed by atoms with Gasteiger partial charge in [-0.15, -0.1) is 0 Å². The zero-order valence-corrected chi connectivity index (χ0v) is 13.6. The number of hydrogen-bond donors (Lipinski definition) is 1. The lowest BCUT2D eigenvalue weighted by Gasteiger charge is -2.14. The summed E-state index contributed by atoms with van der Waals surface area (Å²) in [5.74, 6) is 1.74. The van der Waals surface area contributed by atoms with Crippen molar-refractivity contribution in [3.8, 4) is 5.75 Å². The lowest BCUT2D eigenvalue weighted by molar-refractivity contribution is -0.123. The van der Waals surface area contributed by atoms with Gasteiger partial charge in [0, 0.05) is 0 Å². The molecule has 1 aromatic heterocycles. The number of aryl methyl sites for hydroxylation is 1. The minimum absolute atomic E-state index is 0.00842. The van der Waals surface area contributed by atoms with Crippen molar-refractivity contribution in [3.05, 3.63) is 53.5 Å². The highest BCUT2D eigenvalue weighted by Crippen LogP contribution is 2.23. The summed E-state index contributed by atoms with van der Waals surface area (Å²) in [7, 11) is 0. The Hall–Kier alpha value is -2.23. The van der Waals surface area contributed by atoms with Crippen molar-refractivity contribution in [3.63, 3.8) is 0 Å². The second kappa shape index (κ2) is 7.16. The molecule has 4 nitrogen and oxygen atoms in total. The Morgan fingerprint density at radius 3 is 2.64 bits per heavy atom. The van der Waals surface area contributed by atoms with E-state index in [2.05, 4.69) is 32.2 Å². The summed E-state index contributed by atoms with van der Waals surface area (Å²) in [5, 5.41) is 2.84. The predicted molar refractivity (Wildman–Crippen MR) is 86.0 cm³/mol. The van der Waals surface area contributed by atoms with Crippen molar-refractivity contribution >= 4 is 5.91 Å². The number of nitrogens with one attached hydrogen (secondary N) is 1. The first-order chi connectivity index (χ1) is 10.5. The SMILES string of the molecule is Cc1cc(OCC(=O)N[C@@H](C)c2ccco2)ccc1C(C)C. The third-order valence-corrected chi connectivity index (χ3v) is 3.58. The van der Waals surface area contributed by atoms with Gasteiger partial charge in [0.25, 0.3) is 5.91 Å². The van der Waals surface area contributed by atoms with Crippen LogP contribution in [0, 0.1) is 6.92 Å². The van der Waals surface area contributed by atoms with Crippen LogP contribution in [0.15, 0.2) is 41.0 Å². The smallest absolute Gasteiger partial charge is 0.258 e. The van der Waals surface area contributed by atoms with Crippen LogP contribution in [0.4, 0.5) is 0 Å². The fourth-order valence-corrected chi connectivity index (χ4v) is 2.43. The van der Waals surface area contributed by atoms with E-state index in [9.17, 15) is 4.79 Å². The minimum Gasteiger partial charge on any atom is -0.484 e. The first-order valence-electron chi connectivity index (χ1n) is 7.53. The second-order valence-corrected chi connectivity index (χ2v) is 5.77. The molecule has 0 radical (unpaired) electrons. The van der Waals surface area contributed by atoms with Gasteiger partial charge in [0.1, 0.15) is 11.5 Å². The van der Waals surface area contributed by atoms with Crippen LogP contribution in [0.5, 0.6) is 5.75 Å². The molecule has 2 aromatic rings. The summed E-state index contributed by atoms with van der Waals surface area (Å²) in [6, 6.07) is 9.40. The number of hydrogen-bond acceptors (Lipinski definition) is 3. The number of amides is 1. The largest absolute Gasteiger partial charge is 0.484 e. The minimum atomic E-state index is -0.172. The number of furan rings is 1. The fraction of sp³-hybridized carbons (Fsp3) is 0.389. The van der Waals surface area contributed by atoms with E-state index in [1.165, 1.54) is 11.1 Å². The fourth-order valence-electron chi connectivity index (χ4n) is 2.43. The maximum atomic E-state index is 11.9. The standard InChI is InChI=1S/C18H23NO3/c1-12(2)16-8-7-15(10-13(16)3)22-11-18(20)19-14(4)17-6-5-9-21-17/h5-10,12,14H,11H2,1-4H3,(H,19,20)/t14-/m0/s1. The van der Waals surface area contributed by atoms with E-state index in [-0.39, 0.29) is 18.6 Å². The molecule has 0 unspecified atom stereocenters. The Kier molecular flexibility index (Phi) is 5.26. The number of carbonyl (C=O) groups excluding carboxylic acids is 1. The average molecular weight is 301 g/mol. The van der Waals surface area contributed by atoms with E-state index in [1.54, 1.807) is 12.3 Å². The average Bonchev–Trinajstić information content (AvgIpc) is 2.99. The molecule has 0 saturated carbocycles. The number of rotatable bonds is 6. The van der Waals surface area contributed by atoms with Crippen molar-refractivity contribution in [1.82, 2.24) is 5.32 Å². The summed E-state index contributed by atoms with van der Waals surface area (Å²) >= 11 is 0. The first-order valence-corrected chi connectivity index (χ1v) is 7.53. The van der Waals surface area contributed by atoms with Crippen LogP contribution in [-0.4, -0.2) is 12.5 Å². The number of ether oxygens (including phenoxy) is 1. The van der Waals surface area contributed by atoms with Gasteiger partial charge in [-0.05, 0) is 55.2 Å². The van der Waals surface area contributed by atoms with Gasteiger partial charge < -0.3 is 14.5 Å². The van der Waals surface area contributed by atoms with Gasteiger partial charge in [-0.3, -0.25) is 4.79 Å². The zero-order valence-electron chi connectivity index (χ0n) is 13.6. The molecule has 0 spiro atoms. The molecule has 2 rings (SSSR count). The first kappa shape index (κ1) is 16.1. The molecule has 4 heteroatoms. The van der Waals surface area contributed by atoms with Crippen LogP contribution in [0.25, 0.3) is 0 Å². The van der Waals surface area contributed by atoms with Crippen molar-refractivity contribution in [2.45, 2.75) is 39.7 Å². The summed E-state index contributed by atoms with van der Waals surface area (Å²) in [4.78, 5) is 11.9. The summed E-state index contributed by atoms with van der Waals surface area (Å²) in [6.07, 6.45) is 1.59. The molecule has 0 aliphatic carbocycles. The van der Waals surface area contributed by atoms with Gasteiger partial charge in [0.15, 0.2) is 6.61 Å². The topological polar surface area (TPSA) is 51.5 Å². The molecule has 0 saturated heterocycles. The van der Waals surface area contributed by atoms with E-state index >= 15 is 0 Å². The Morgan fingerprint density at radius 2 is 2.05 bits per heavy atom. The summed E-state index contributed by atoms with van der Waals surface area (Å²) in [6.45, 7) is 8.24. The molecule has 1 heterocycles. The highest BCUT2D eigenvalue weighted by Gasteiger charge is 2.12. The molecule has 118 valence electrons. The van der Waals surface area contributed by atoms with Gasteiger partial charge in [-0.1, -0.05) is 19.9 Å². The predicted octanol–water partition coefficient (Wildman–Crippen LogP) is 3.97. The molecule has 1 N–H and O–H groups in total. The lowest BCUT2D eigenvalue weighted by atomic mass is 9.98. The normalized spacial score (nSPS) is 12.2. The molecule has 1 amide bonds. The Bertz CT molecular complexity index is 617. The molecule has 0 bridgehead atoms. The van der Waals surface area contributed by atoms with Gasteiger partial charge in [-0.25, -0.2) is 0 Å². The van der Waals surface area contributed by atoms with Crippen molar-refractivity contribution in [2.75, 3.05) is 6.61 Å². The van der Waals surface area contributed by atoms with Gasteiger partial charge >= 0.3 is 0 Å². The van der Waals surface area contributed by atoms with Crippen molar-refractivity contribution < 1.29 is 13.9 Å². The molecule has 0 aliphatic heterocycles. The van der Waals surface area contributed by atoms with E-state index < -0.39 is 0 Å². The van der Waals surface area contributed by atoms with Crippen LogP contribution in [0.3, 0.4) is 0 Å². The molecular formula is C18H23NO3. The highest BCUT2D eigenvalue weighted by molar-refractivity contribution is 5.77. The van der Waals surface area contributed by atoms with Crippen molar-refractivity contribution in [2.24, 2.45) is 0 Å². The molecular weight excluding hydrogens is 278 g/mol. The highest BCUT2D eigenvalue weighted by atomic mass is 16.5. The maximum Gasteiger partial charge on any atom is 0.258 e. The van der Waals surface area contributed by atoms with E-state index in [1.807, 2.05) is 25.1 Å². The van der Waals surface area contributed by atoms with Crippen LogP contribution >= 0.6 is 0 Å². The zero-order chi connectivity index (χ0) is 16.1. The number of carbonyl (C=O) groups is 1. The molecule has 22 heavy (non-hydrogen) atoms. The molecule has 1 aromatic carbocycles. The third kappa shape index (κ3) is 4.13. The van der Waals surface area contributed by atoms with E-state index in [0.717, 1.165) is 5.76 Å². The van der Waals surface area contributed by atoms with Crippen molar-refractivity contribution in [1.29, 1.82) is 0 Å². The van der Waals surface area contributed by atoms with E-state index in [0.29, 0.717) is 11.7 Å². The molecule has 1 atom stereocenters. The maximum absolute atomic E-state index is 11.9. The van der Waals surface area contributed by atoms with Crippen LogP contribution < -0.4 is 10.1 Å². The van der Waals surface area contributed by atoms with Crippen LogP contribution in [0.1, 0.15) is 49.6 Å². The van der Waals surface area contributed by atoms with E-state index in [4.69, 9.17) is 9.15 Å². The second-order valence-electron chi connectivity index (χ2n) is 5.77. The molecule has 0 aliphatic rings. The third-order valence-electron chi connectivity index (χ3n) is 3.58. The van der Waals surface area contributed by atoms with Gasteiger partial charge in [0.05, 0.1) is 12.3 Å². The quantitative estimate of drug-likeness (QED) is 0.878. The lowest BCUT2D eigenvalue weighted by Crippen LogP contribution is -2.31. The summed E-state index contributed by atoms with van der Waals surface area (Å²) in [5.41, 5.74) is 2.47. The Morgan fingerprint density at radius 1 is 1.27 bits per heavy atom. The van der Waals surface area contributed by atoms with Crippen LogP contribution in [0.2, 0.25) is 0 Å². The monoisotopic (exact) mass is 301 g/mol. The van der Waals surface area contributed by atoms with Gasteiger partial charge in [0.2, 0.25) is 0 Å². The summed E-state index contributed by atoms with van der Waals surface area (Å²) < 4.78 is 10.8. The molecule has 0 fully saturated rings. The Balaban J connectivity index is 1.87. The number of benzene rings is 1. The van der Waals surface area contributed by atoms with Crippen LogP contribution in [-0.2, 0) is 4.79 Å².